The summed E-state index contributed by atoms with van der Waals surface area (Å²) in [5.74, 6) is 0.599. The molecule has 5 nitrogen and oxygen atoms in total. The Bertz CT molecular complexity index is 784. The number of hydrogen-bond acceptors (Lipinski definition) is 5. The van der Waals surface area contributed by atoms with E-state index in [1.165, 1.54) is 11.3 Å². The molecule has 22 heavy (non-hydrogen) atoms. The molecule has 1 aromatic heterocycles. The van der Waals surface area contributed by atoms with E-state index in [-0.39, 0.29) is 10.8 Å². The van der Waals surface area contributed by atoms with Gasteiger partial charge in [-0.1, -0.05) is 18.2 Å². The first-order chi connectivity index (χ1) is 10.4. The van der Waals surface area contributed by atoms with Crippen LogP contribution < -0.4 is 9.46 Å². The van der Waals surface area contributed by atoms with Crippen LogP contribution in [0.15, 0.2) is 40.6 Å². The standard InChI is InChI=1S/C15H17NO4S2/c1-11-6-7-14(21-11)22(18,19)16-10-15(17)8-9-20-13-5-3-2-4-12(13)15/h2-7,16-17H,8-10H2,1H3/t15-/m0/s1. The zero-order valence-electron chi connectivity index (χ0n) is 12.1. The Morgan fingerprint density at radius 3 is 2.82 bits per heavy atom. The summed E-state index contributed by atoms with van der Waals surface area (Å²) in [4.78, 5) is 0.926. The molecular weight excluding hydrogens is 322 g/mol. The van der Waals surface area contributed by atoms with Crippen LogP contribution in [-0.2, 0) is 15.6 Å². The van der Waals surface area contributed by atoms with Gasteiger partial charge < -0.3 is 9.84 Å². The van der Waals surface area contributed by atoms with Crippen molar-refractivity contribution in [3.63, 3.8) is 0 Å². The van der Waals surface area contributed by atoms with Crippen molar-refractivity contribution in [3.8, 4) is 5.75 Å². The predicted molar refractivity (Wildman–Crippen MR) is 84.7 cm³/mol. The van der Waals surface area contributed by atoms with E-state index in [1.807, 2.05) is 13.0 Å². The molecule has 0 unspecified atom stereocenters. The summed E-state index contributed by atoms with van der Waals surface area (Å²) in [6, 6.07) is 10.5. The third-order valence-corrected chi connectivity index (χ3v) is 6.59. The number of sulfonamides is 1. The molecule has 0 saturated carbocycles. The van der Waals surface area contributed by atoms with Gasteiger partial charge in [0.05, 0.1) is 6.61 Å². The lowest BCUT2D eigenvalue weighted by Crippen LogP contribution is -2.43. The van der Waals surface area contributed by atoms with Crippen LogP contribution in [0.3, 0.4) is 0 Å². The van der Waals surface area contributed by atoms with E-state index >= 15 is 0 Å². The number of aryl methyl sites for hydroxylation is 1. The van der Waals surface area contributed by atoms with Crippen LogP contribution in [-0.4, -0.2) is 26.7 Å². The Morgan fingerprint density at radius 2 is 2.09 bits per heavy atom. The molecule has 2 aromatic rings. The maximum Gasteiger partial charge on any atom is 0.250 e. The number of rotatable bonds is 4. The van der Waals surface area contributed by atoms with Crippen LogP contribution in [0.1, 0.15) is 16.9 Å². The van der Waals surface area contributed by atoms with Crippen molar-refractivity contribution in [2.75, 3.05) is 13.2 Å². The molecule has 3 rings (SSSR count). The maximum atomic E-state index is 12.3. The lowest BCUT2D eigenvalue weighted by molar-refractivity contribution is 0.00220. The van der Waals surface area contributed by atoms with Crippen molar-refractivity contribution in [2.24, 2.45) is 0 Å². The largest absolute Gasteiger partial charge is 0.493 e. The quantitative estimate of drug-likeness (QED) is 0.893. The molecule has 2 heterocycles. The van der Waals surface area contributed by atoms with Crippen LogP contribution in [0, 0.1) is 6.92 Å². The molecule has 0 aliphatic carbocycles. The second-order valence-electron chi connectivity index (χ2n) is 5.32. The third kappa shape index (κ3) is 2.89. The number of fused-ring (bicyclic) bond motifs is 1. The van der Waals surface area contributed by atoms with Gasteiger partial charge in [0, 0.05) is 23.4 Å². The van der Waals surface area contributed by atoms with E-state index in [9.17, 15) is 13.5 Å². The molecule has 0 radical (unpaired) electrons. The molecule has 1 aliphatic heterocycles. The molecule has 7 heteroatoms. The fourth-order valence-electron chi connectivity index (χ4n) is 2.47. The molecule has 118 valence electrons. The highest BCUT2D eigenvalue weighted by Gasteiger charge is 2.36. The molecule has 1 aliphatic rings. The Labute approximate surface area is 133 Å². The first-order valence-corrected chi connectivity index (χ1v) is 9.21. The Balaban J connectivity index is 1.82. The van der Waals surface area contributed by atoms with E-state index in [2.05, 4.69) is 4.72 Å². The van der Waals surface area contributed by atoms with Crippen LogP contribution in [0.2, 0.25) is 0 Å². The molecule has 0 saturated heterocycles. The SMILES string of the molecule is Cc1ccc(S(=O)(=O)NC[C@@]2(O)CCOc3ccccc32)s1. The number of ether oxygens (including phenoxy) is 1. The average Bonchev–Trinajstić information content (AvgIpc) is 2.94. The van der Waals surface area contributed by atoms with Crippen molar-refractivity contribution in [1.82, 2.24) is 4.72 Å². The van der Waals surface area contributed by atoms with Gasteiger partial charge in [-0.05, 0) is 25.1 Å². The molecule has 0 fully saturated rings. The van der Waals surface area contributed by atoms with Gasteiger partial charge in [-0.25, -0.2) is 13.1 Å². The Hall–Kier alpha value is -1.41. The second-order valence-corrected chi connectivity index (χ2v) is 8.60. The summed E-state index contributed by atoms with van der Waals surface area (Å²) in [7, 11) is -3.61. The minimum Gasteiger partial charge on any atom is -0.493 e. The highest BCUT2D eigenvalue weighted by atomic mass is 32.2. The molecule has 1 aromatic carbocycles. The smallest absolute Gasteiger partial charge is 0.250 e. The summed E-state index contributed by atoms with van der Waals surface area (Å²) in [5, 5.41) is 10.8. The van der Waals surface area contributed by atoms with Gasteiger partial charge in [0.2, 0.25) is 10.0 Å². The molecule has 0 bridgehead atoms. The van der Waals surface area contributed by atoms with E-state index in [0.717, 1.165) is 4.88 Å². The van der Waals surface area contributed by atoms with Crippen molar-refractivity contribution in [2.45, 2.75) is 23.2 Å². The molecule has 2 N–H and O–H groups in total. The lowest BCUT2D eigenvalue weighted by Gasteiger charge is -2.34. The summed E-state index contributed by atoms with van der Waals surface area (Å²) in [6.07, 6.45) is 0.343. The van der Waals surface area contributed by atoms with Crippen LogP contribution >= 0.6 is 11.3 Å². The highest BCUT2D eigenvalue weighted by Crippen LogP contribution is 2.36. The maximum absolute atomic E-state index is 12.3. The van der Waals surface area contributed by atoms with Crippen molar-refractivity contribution >= 4 is 21.4 Å². The lowest BCUT2D eigenvalue weighted by atomic mass is 9.88. The van der Waals surface area contributed by atoms with Crippen LogP contribution in [0.25, 0.3) is 0 Å². The van der Waals surface area contributed by atoms with E-state index in [1.54, 1.807) is 30.3 Å². The molecule has 1 atom stereocenters. The van der Waals surface area contributed by atoms with Gasteiger partial charge in [0.1, 0.15) is 15.6 Å². The molecule has 0 amide bonds. The number of aliphatic hydroxyl groups is 1. The summed E-state index contributed by atoms with van der Waals surface area (Å²) in [5.41, 5.74) is -0.639. The Morgan fingerprint density at radius 1 is 1.32 bits per heavy atom. The van der Waals surface area contributed by atoms with Crippen LogP contribution in [0.4, 0.5) is 0 Å². The zero-order valence-corrected chi connectivity index (χ0v) is 13.7. The minimum absolute atomic E-state index is 0.0767. The summed E-state index contributed by atoms with van der Waals surface area (Å²) >= 11 is 1.21. The number of nitrogens with one attached hydrogen (secondary N) is 1. The monoisotopic (exact) mass is 339 g/mol. The van der Waals surface area contributed by atoms with Crippen LogP contribution in [0.5, 0.6) is 5.75 Å². The number of para-hydroxylation sites is 1. The highest BCUT2D eigenvalue weighted by molar-refractivity contribution is 7.91. The first-order valence-electron chi connectivity index (χ1n) is 6.91. The van der Waals surface area contributed by atoms with Crippen molar-refractivity contribution < 1.29 is 18.3 Å². The van der Waals surface area contributed by atoms with Crippen molar-refractivity contribution in [3.05, 3.63) is 46.8 Å². The van der Waals surface area contributed by atoms with E-state index in [0.29, 0.717) is 24.3 Å². The first kappa shape index (κ1) is 15.5. The van der Waals surface area contributed by atoms with Gasteiger partial charge in [-0.3, -0.25) is 0 Å². The number of hydrogen-bond donors (Lipinski definition) is 2. The van der Waals surface area contributed by atoms with Gasteiger partial charge in [0.15, 0.2) is 0 Å². The van der Waals surface area contributed by atoms with Crippen molar-refractivity contribution in [1.29, 1.82) is 0 Å². The van der Waals surface area contributed by atoms with Gasteiger partial charge in [-0.15, -0.1) is 11.3 Å². The number of benzene rings is 1. The second kappa shape index (κ2) is 5.66. The normalized spacial score (nSPS) is 21.2. The minimum atomic E-state index is -3.61. The summed E-state index contributed by atoms with van der Waals surface area (Å²) in [6.45, 7) is 2.13. The number of thiophene rings is 1. The average molecular weight is 339 g/mol. The predicted octanol–water partition coefficient (Wildman–Crippen LogP) is 2.01. The fourth-order valence-corrected chi connectivity index (χ4v) is 4.88. The summed E-state index contributed by atoms with van der Waals surface area (Å²) < 4.78 is 32.9. The van der Waals surface area contributed by atoms with E-state index < -0.39 is 15.6 Å². The van der Waals surface area contributed by atoms with E-state index in [4.69, 9.17) is 4.74 Å². The Kier molecular flexibility index (Phi) is 3.98. The van der Waals surface area contributed by atoms with Gasteiger partial charge >= 0.3 is 0 Å². The van der Waals surface area contributed by atoms with Gasteiger partial charge in [0.25, 0.3) is 0 Å². The molecular formula is C15H17NO4S2. The topological polar surface area (TPSA) is 75.6 Å². The van der Waals surface area contributed by atoms with Gasteiger partial charge in [-0.2, -0.15) is 0 Å². The molecule has 0 spiro atoms. The third-order valence-electron chi connectivity index (χ3n) is 3.70. The fraction of sp³-hybridized carbons (Fsp3) is 0.333. The zero-order chi connectivity index (χ0) is 15.8.